The van der Waals surface area contributed by atoms with Crippen LogP contribution < -0.4 is 10.6 Å². The van der Waals surface area contributed by atoms with E-state index in [0.717, 1.165) is 38.3 Å². The molecular formula is C12H20N4O. The van der Waals surface area contributed by atoms with Crippen LogP contribution in [0.4, 0.5) is 5.95 Å². The molecule has 0 radical (unpaired) electrons. The van der Waals surface area contributed by atoms with Gasteiger partial charge in [0.05, 0.1) is 0 Å². The monoisotopic (exact) mass is 236 g/mol. The number of imidazole rings is 1. The Balaban J connectivity index is 2.01. The van der Waals surface area contributed by atoms with Crippen LogP contribution in [0.5, 0.6) is 0 Å². The van der Waals surface area contributed by atoms with E-state index in [1.54, 1.807) is 0 Å². The van der Waals surface area contributed by atoms with Crippen molar-refractivity contribution >= 4 is 11.9 Å². The predicted octanol–water partition coefficient (Wildman–Crippen LogP) is 1.62. The lowest BCUT2D eigenvalue weighted by atomic mass is 10.2. The second-order valence-electron chi connectivity index (χ2n) is 4.59. The summed E-state index contributed by atoms with van der Waals surface area (Å²) in [7, 11) is 0. The van der Waals surface area contributed by atoms with Crippen molar-refractivity contribution in [2.45, 2.75) is 45.7 Å². The van der Waals surface area contributed by atoms with Gasteiger partial charge < -0.3 is 15.2 Å². The van der Waals surface area contributed by atoms with Crippen molar-refractivity contribution < 1.29 is 4.79 Å². The summed E-state index contributed by atoms with van der Waals surface area (Å²) in [6, 6.07) is 0.208. The first-order chi connectivity index (χ1) is 8.20. The molecule has 0 aliphatic carbocycles. The fourth-order valence-corrected chi connectivity index (χ4v) is 2.09. The summed E-state index contributed by atoms with van der Waals surface area (Å²) in [5.74, 6) is 0.735. The van der Waals surface area contributed by atoms with Gasteiger partial charge in [-0.15, -0.1) is 0 Å². The molecule has 1 atom stereocenters. The van der Waals surface area contributed by atoms with Crippen LogP contribution in [0.15, 0.2) is 6.20 Å². The number of carbonyl (C=O) groups excluding carboxylic acids is 1. The third-order valence-electron chi connectivity index (χ3n) is 2.97. The molecule has 0 bridgehead atoms. The molecule has 1 aliphatic heterocycles. The van der Waals surface area contributed by atoms with Crippen LogP contribution in [-0.4, -0.2) is 28.0 Å². The molecule has 0 aromatic carbocycles. The number of nitrogens with zero attached hydrogens (tertiary/aromatic N) is 2. The Hall–Kier alpha value is -1.52. The van der Waals surface area contributed by atoms with Crippen LogP contribution in [0.2, 0.25) is 0 Å². The molecule has 1 aromatic rings. The highest BCUT2D eigenvalue weighted by Gasteiger charge is 2.17. The Morgan fingerprint density at radius 2 is 2.53 bits per heavy atom. The van der Waals surface area contributed by atoms with Crippen LogP contribution in [0, 0.1) is 0 Å². The van der Waals surface area contributed by atoms with Gasteiger partial charge in [0.15, 0.2) is 0 Å². The average molecular weight is 236 g/mol. The summed E-state index contributed by atoms with van der Waals surface area (Å²) in [5, 5.41) is 6.15. The van der Waals surface area contributed by atoms with Gasteiger partial charge in [0.1, 0.15) is 5.69 Å². The first-order valence-electron chi connectivity index (χ1n) is 6.32. The summed E-state index contributed by atoms with van der Waals surface area (Å²) < 4.78 is 2.00. The maximum atomic E-state index is 11.9. The van der Waals surface area contributed by atoms with Crippen molar-refractivity contribution in [2.24, 2.45) is 0 Å². The number of amides is 1. The fourth-order valence-electron chi connectivity index (χ4n) is 2.09. The Morgan fingerprint density at radius 3 is 3.24 bits per heavy atom. The number of hydrogen-bond donors (Lipinski definition) is 2. The predicted molar refractivity (Wildman–Crippen MR) is 67.2 cm³/mol. The second kappa shape index (κ2) is 5.21. The molecule has 5 nitrogen and oxygen atoms in total. The standard InChI is InChI=1S/C12H20N4O/c1-3-5-9(2)14-11(17)10-8-16-7-4-6-13-12(16)15-10/h8-9H,3-7H2,1-2H3,(H,13,15)(H,14,17). The highest BCUT2D eigenvalue weighted by molar-refractivity contribution is 5.92. The fraction of sp³-hybridized carbons (Fsp3) is 0.667. The molecule has 0 spiro atoms. The number of hydrogen-bond acceptors (Lipinski definition) is 3. The summed E-state index contributed by atoms with van der Waals surface area (Å²) in [5.41, 5.74) is 0.511. The van der Waals surface area contributed by atoms with E-state index in [1.807, 2.05) is 17.7 Å². The Morgan fingerprint density at radius 1 is 1.71 bits per heavy atom. The Kier molecular flexibility index (Phi) is 3.66. The molecule has 17 heavy (non-hydrogen) atoms. The highest BCUT2D eigenvalue weighted by atomic mass is 16.2. The quantitative estimate of drug-likeness (QED) is 0.835. The lowest BCUT2D eigenvalue weighted by Crippen LogP contribution is -2.32. The van der Waals surface area contributed by atoms with Crippen molar-refractivity contribution in [2.75, 3.05) is 11.9 Å². The van der Waals surface area contributed by atoms with Gasteiger partial charge in [-0.3, -0.25) is 4.79 Å². The van der Waals surface area contributed by atoms with Gasteiger partial charge >= 0.3 is 0 Å². The highest BCUT2D eigenvalue weighted by Crippen LogP contribution is 2.14. The number of aryl methyl sites for hydroxylation is 1. The number of aromatic nitrogens is 2. The van der Waals surface area contributed by atoms with E-state index in [2.05, 4.69) is 22.5 Å². The van der Waals surface area contributed by atoms with Gasteiger partial charge in [-0.2, -0.15) is 0 Å². The van der Waals surface area contributed by atoms with Gasteiger partial charge in [0.25, 0.3) is 5.91 Å². The lowest BCUT2D eigenvalue weighted by molar-refractivity contribution is 0.0933. The van der Waals surface area contributed by atoms with Crippen molar-refractivity contribution in [3.05, 3.63) is 11.9 Å². The molecule has 94 valence electrons. The minimum atomic E-state index is -0.0744. The number of nitrogens with one attached hydrogen (secondary N) is 2. The average Bonchev–Trinajstić information content (AvgIpc) is 2.72. The number of carbonyl (C=O) groups is 1. The molecule has 2 rings (SSSR count). The summed E-state index contributed by atoms with van der Waals surface area (Å²) in [4.78, 5) is 16.2. The minimum Gasteiger partial charge on any atom is -0.356 e. The third-order valence-corrected chi connectivity index (χ3v) is 2.97. The first-order valence-corrected chi connectivity index (χ1v) is 6.32. The molecule has 1 aromatic heterocycles. The van der Waals surface area contributed by atoms with Crippen LogP contribution in [-0.2, 0) is 6.54 Å². The maximum Gasteiger partial charge on any atom is 0.271 e. The molecule has 0 saturated carbocycles. The SMILES string of the molecule is CCCC(C)NC(=O)c1cn2c(n1)NCCC2. The normalized spacial score (nSPS) is 15.9. The molecule has 2 N–H and O–H groups in total. The van der Waals surface area contributed by atoms with E-state index in [1.165, 1.54) is 0 Å². The van der Waals surface area contributed by atoms with Crippen LogP contribution >= 0.6 is 0 Å². The van der Waals surface area contributed by atoms with Crippen LogP contribution in [0.3, 0.4) is 0 Å². The van der Waals surface area contributed by atoms with Gasteiger partial charge in [-0.1, -0.05) is 13.3 Å². The summed E-state index contributed by atoms with van der Waals surface area (Å²) in [6.07, 6.45) is 4.98. The molecule has 1 aliphatic rings. The molecule has 5 heteroatoms. The minimum absolute atomic E-state index is 0.0744. The lowest BCUT2D eigenvalue weighted by Gasteiger charge is -2.14. The van der Waals surface area contributed by atoms with Gasteiger partial charge in [-0.05, 0) is 19.8 Å². The van der Waals surface area contributed by atoms with Gasteiger partial charge in [-0.25, -0.2) is 4.98 Å². The zero-order valence-electron chi connectivity index (χ0n) is 10.5. The maximum absolute atomic E-state index is 11.9. The Labute approximate surface area is 102 Å². The third kappa shape index (κ3) is 2.78. The van der Waals surface area contributed by atoms with Crippen molar-refractivity contribution in [3.8, 4) is 0 Å². The largest absolute Gasteiger partial charge is 0.356 e. The number of anilines is 1. The summed E-state index contributed by atoms with van der Waals surface area (Å²) in [6.45, 7) is 6.01. The molecule has 2 heterocycles. The van der Waals surface area contributed by atoms with Crippen LogP contribution in [0.1, 0.15) is 43.6 Å². The molecule has 1 unspecified atom stereocenters. The smallest absolute Gasteiger partial charge is 0.271 e. The van der Waals surface area contributed by atoms with E-state index in [9.17, 15) is 4.79 Å². The van der Waals surface area contributed by atoms with Crippen LogP contribution in [0.25, 0.3) is 0 Å². The molecule has 0 saturated heterocycles. The zero-order chi connectivity index (χ0) is 12.3. The van der Waals surface area contributed by atoms with Gasteiger partial charge in [0.2, 0.25) is 5.95 Å². The second-order valence-corrected chi connectivity index (χ2v) is 4.59. The van der Waals surface area contributed by atoms with Crippen molar-refractivity contribution in [1.82, 2.24) is 14.9 Å². The Bertz CT molecular complexity index is 376. The first kappa shape index (κ1) is 12.0. The van der Waals surface area contributed by atoms with E-state index in [-0.39, 0.29) is 11.9 Å². The van der Waals surface area contributed by atoms with E-state index in [4.69, 9.17) is 0 Å². The van der Waals surface area contributed by atoms with Crippen molar-refractivity contribution in [3.63, 3.8) is 0 Å². The zero-order valence-corrected chi connectivity index (χ0v) is 10.5. The number of rotatable bonds is 4. The molecule has 1 amide bonds. The van der Waals surface area contributed by atoms with E-state index < -0.39 is 0 Å². The molecular weight excluding hydrogens is 216 g/mol. The number of fused-ring (bicyclic) bond motifs is 1. The van der Waals surface area contributed by atoms with E-state index in [0.29, 0.717) is 5.69 Å². The topological polar surface area (TPSA) is 59.0 Å². The van der Waals surface area contributed by atoms with Crippen molar-refractivity contribution in [1.29, 1.82) is 0 Å². The van der Waals surface area contributed by atoms with Gasteiger partial charge in [0, 0.05) is 25.3 Å². The van der Waals surface area contributed by atoms with E-state index >= 15 is 0 Å². The summed E-state index contributed by atoms with van der Waals surface area (Å²) >= 11 is 0. The molecule has 0 fully saturated rings.